The number of nitro groups is 1. The van der Waals surface area contributed by atoms with Gasteiger partial charge >= 0.3 is 5.69 Å². The number of aromatic nitrogens is 1. The van der Waals surface area contributed by atoms with E-state index >= 15 is 0 Å². The van der Waals surface area contributed by atoms with Crippen molar-refractivity contribution in [1.82, 2.24) is 9.88 Å². The van der Waals surface area contributed by atoms with Crippen LogP contribution in [-0.2, 0) is 6.54 Å². The molecule has 1 heterocycles. The van der Waals surface area contributed by atoms with Crippen molar-refractivity contribution in [3.8, 4) is 0 Å². The Bertz CT molecular complexity index is 525. The Hall–Kier alpha value is -1.47. The molecule has 1 N–H and O–H groups in total. The molecule has 6 nitrogen and oxygen atoms in total. The largest absolute Gasteiger partial charge is 0.343 e. The molecule has 0 radical (unpaired) electrons. The van der Waals surface area contributed by atoms with Crippen LogP contribution in [0.3, 0.4) is 0 Å². The van der Waals surface area contributed by atoms with Crippen LogP contribution in [0.15, 0.2) is 33.8 Å². The smallest absolute Gasteiger partial charge is 0.333 e. The van der Waals surface area contributed by atoms with Crippen molar-refractivity contribution in [3.63, 3.8) is 0 Å². The zero-order valence-corrected chi connectivity index (χ0v) is 11.6. The lowest BCUT2D eigenvalue weighted by atomic mass is 10.3. The lowest BCUT2D eigenvalue weighted by Crippen LogP contribution is -2.19. The van der Waals surface area contributed by atoms with E-state index in [1.165, 1.54) is 12.4 Å². The highest BCUT2D eigenvalue weighted by Gasteiger charge is 2.15. The quantitative estimate of drug-likeness (QED) is 0.492. The van der Waals surface area contributed by atoms with E-state index in [-0.39, 0.29) is 4.47 Å². The molecule has 1 rings (SSSR count). The maximum atomic E-state index is 11.5. The van der Waals surface area contributed by atoms with Crippen molar-refractivity contribution in [2.24, 2.45) is 0 Å². The average Bonchev–Trinajstić information content (AvgIpc) is 2.30. The van der Waals surface area contributed by atoms with Crippen molar-refractivity contribution >= 4 is 21.6 Å². The van der Waals surface area contributed by atoms with Gasteiger partial charge < -0.3 is 9.88 Å². The van der Waals surface area contributed by atoms with E-state index in [9.17, 15) is 14.9 Å². The average molecular weight is 316 g/mol. The molecule has 0 amide bonds. The van der Waals surface area contributed by atoms with Crippen LogP contribution >= 0.6 is 15.9 Å². The molecule has 18 heavy (non-hydrogen) atoms. The molecule has 0 saturated heterocycles. The Morgan fingerprint density at radius 2 is 2.28 bits per heavy atom. The molecule has 0 saturated carbocycles. The van der Waals surface area contributed by atoms with Gasteiger partial charge in [0.15, 0.2) is 0 Å². The molecule has 7 heteroatoms. The fourth-order valence-corrected chi connectivity index (χ4v) is 1.88. The molecule has 0 aliphatic carbocycles. The Kier molecular flexibility index (Phi) is 5.24. The Morgan fingerprint density at radius 1 is 1.61 bits per heavy atom. The summed E-state index contributed by atoms with van der Waals surface area (Å²) in [4.78, 5) is 21.5. The predicted molar refractivity (Wildman–Crippen MR) is 72.7 cm³/mol. The van der Waals surface area contributed by atoms with E-state index in [0.29, 0.717) is 13.1 Å². The maximum Gasteiger partial charge on any atom is 0.333 e. The summed E-state index contributed by atoms with van der Waals surface area (Å²) in [7, 11) is 0. The molecular weight excluding hydrogens is 302 g/mol. The van der Waals surface area contributed by atoms with Crippen LogP contribution in [0.25, 0.3) is 0 Å². The van der Waals surface area contributed by atoms with Crippen molar-refractivity contribution in [2.75, 3.05) is 13.1 Å². The number of rotatable bonds is 6. The Balaban J connectivity index is 2.94. The first-order chi connectivity index (χ1) is 8.45. The Morgan fingerprint density at radius 3 is 2.83 bits per heavy atom. The summed E-state index contributed by atoms with van der Waals surface area (Å²) in [5.41, 5.74) is -0.184. The lowest BCUT2D eigenvalue weighted by Gasteiger charge is -2.09. The van der Waals surface area contributed by atoms with Gasteiger partial charge in [0.25, 0.3) is 5.43 Å². The van der Waals surface area contributed by atoms with E-state index in [4.69, 9.17) is 0 Å². The Labute approximate surface area is 113 Å². The molecule has 0 unspecified atom stereocenters. The predicted octanol–water partition coefficient (Wildman–Crippen LogP) is 1.68. The van der Waals surface area contributed by atoms with Crippen LogP contribution in [0.2, 0.25) is 0 Å². The fraction of sp³-hybridized carbons (Fsp3) is 0.364. The molecular formula is C11H14BrN3O3. The molecule has 0 aliphatic rings. The molecule has 0 fully saturated rings. The van der Waals surface area contributed by atoms with E-state index in [1.54, 1.807) is 4.57 Å². The number of halogens is 1. The van der Waals surface area contributed by atoms with Crippen LogP contribution in [0.1, 0.15) is 6.92 Å². The van der Waals surface area contributed by atoms with Gasteiger partial charge in [-0.25, -0.2) is 0 Å². The summed E-state index contributed by atoms with van der Waals surface area (Å²) in [6.07, 6.45) is 2.75. The van der Waals surface area contributed by atoms with Gasteiger partial charge in [0.1, 0.15) is 0 Å². The van der Waals surface area contributed by atoms with Gasteiger partial charge in [-0.15, -0.1) is 0 Å². The molecule has 0 bridgehead atoms. The number of nitrogens with zero attached hydrogens (tertiary/aromatic N) is 2. The highest BCUT2D eigenvalue weighted by atomic mass is 79.9. The summed E-state index contributed by atoms with van der Waals surface area (Å²) in [5, 5.41) is 13.8. The molecule has 0 aromatic carbocycles. The molecule has 1 aromatic rings. The zero-order valence-electron chi connectivity index (χ0n) is 9.98. The third-order valence-electron chi connectivity index (χ3n) is 2.24. The standard InChI is InChI=1S/C11H14BrN3O3/c1-3-13-4-8(2)5-14-6-9(12)11(16)10(7-14)15(17)18/h6-7,13H,2-5H2,1H3. The molecule has 1 aromatic heterocycles. The third kappa shape index (κ3) is 3.78. The van der Waals surface area contributed by atoms with Crippen molar-refractivity contribution in [2.45, 2.75) is 13.5 Å². The van der Waals surface area contributed by atoms with Gasteiger partial charge in [0, 0.05) is 19.3 Å². The number of hydrogen-bond donors (Lipinski definition) is 1. The molecule has 0 aliphatic heterocycles. The molecule has 0 spiro atoms. The fourth-order valence-electron chi connectivity index (χ4n) is 1.42. The van der Waals surface area contributed by atoms with Crippen LogP contribution in [0.4, 0.5) is 5.69 Å². The second-order valence-electron chi connectivity index (χ2n) is 3.78. The van der Waals surface area contributed by atoms with E-state index < -0.39 is 16.0 Å². The first kappa shape index (κ1) is 14.6. The molecule has 0 atom stereocenters. The monoisotopic (exact) mass is 315 g/mol. The van der Waals surface area contributed by atoms with Gasteiger partial charge in [-0.3, -0.25) is 14.9 Å². The van der Waals surface area contributed by atoms with Crippen LogP contribution in [0.5, 0.6) is 0 Å². The van der Waals surface area contributed by atoms with E-state index in [1.807, 2.05) is 6.92 Å². The van der Waals surface area contributed by atoms with Crippen molar-refractivity contribution in [1.29, 1.82) is 0 Å². The van der Waals surface area contributed by atoms with E-state index in [0.717, 1.165) is 12.1 Å². The van der Waals surface area contributed by atoms with Gasteiger partial charge in [-0.05, 0) is 28.0 Å². The SMILES string of the molecule is C=C(CNCC)Cn1cc(Br)c(=O)c([N+](=O)[O-])c1. The van der Waals surface area contributed by atoms with Crippen LogP contribution < -0.4 is 10.7 Å². The minimum Gasteiger partial charge on any atom is -0.343 e. The number of pyridine rings is 1. The van der Waals surface area contributed by atoms with Gasteiger partial charge in [-0.1, -0.05) is 13.5 Å². The van der Waals surface area contributed by atoms with Gasteiger partial charge in [0.05, 0.1) is 15.6 Å². The number of nitrogens with one attached hydrogen (secondary N) is 1. The normalized spacial score (nSPS) is 10.3. The highest BCUT2D eigenvalue weighted by Crippen LogP contribution is 2.11. The van der Waals surface area contributed by atoms with Crippen molar-refractivity contribution in [3.05, 3.63) is 49.4 Å². The maximum absolute atomic E-state index is 11.5. The molecule has 98 valence electrons. The second-order valence-corrected chi connectivity index (χ2v) is 4.63. The third-order valence-corrected chi connectivity index (χ3v) is 2.81. The van der Waals surface area contributed by atoms with Crippen LogP contribution in [0, 0.1) is 10.1 Å². The second kappa shape index (κ2) is 6.46. The first-order valence-corrected chi connectivity index (χ1v) is 6.16. The highest BCUT2D eigenvalue weighted by molar-refractivity contribution is 9.10. The number of likely N-dealkylation sites (N-methyl/N-ethyl adjacent to an activating group) is 1. The minimum absolute atomic E-state index is 0.174. The van der Waals surface area contributed by atoms with Crippen molar-refractivity contribution < 1.29 is 4.92 Å². The minimum atomic E-state index is -0.684. The number of hydrogen-bond acceptors (Lipinski definition) is 4. The first-order valence-electron chi connectivity index (χ1n) is 5.37. The summed E-state index contributed by atoms with van der Waals surface area (Å²) < 4.78 is 1.75. The van der Waals surface area contributed by atoms with Gasteiger partial charge in [0.2, 0.25) is 0 Å². The zero-order chi connectivity index (χ0) is 13.7. The topological polar surface area (TPSA) is 77.2 Å². The summed E-state index contributed by atoms with van der Waals surface area (Å²) >= 11 is 3.02. The summed E-state index contributed by atoms with van der Waals surface area (Å²) in [6, 6.07) is 0. The lowest BCUT2D eigenvalue weighted by molar-refractivity contribution is -0.386. The summed E-state index contributed by atoms with van der Waals surface area (Å²) in [6.45, 7) is 7.73. The van der Waals surface area contributed by atoms with E-state index in [2.05, 4.69) is 27.8 Å². The van der Waals surface area contributed by atoms with Crippen LogP contribution in [-0.4, -0.2) is 22.6 Å². The van der Waals surface area contributed by atoms with Gasteiger partial charge in [-0.2, -0.15) is 0 Å². The summed E-state index contributed by atoms with van der Waals surface area (Å²) in [5.74, 6) is 0.